The van der Waals surface area contributed by atoms with Gasteiger partial charge in [0.2, 0.25) is 0 Å². The van der Waals surface area contributed by atoms with E-state index in [1.165, 1.54) is 29.3 Å². The van der Waals surface area contributed by atoms with Crippen LogP contribution in [0.1, 0.15) is 39.2 Å². The largest absolute Gasteiger partial charge is 0.347 e. The van der Waals surface area contributed by atoms with E-state index in [9.17, 15) is 0 Å². The van der Waals surface area contributed by atoms with Crippen molar-refractivity contribution in [1.82, 2.24) is 4.57 Å². The zero-order valence-corrected chi connectivity index (χ0v) is 11.2. The number of aromatic nitrogens is 1. The van der Waals surface area contributed by atoms with Crippen molar-refractivity contribution in [2.75, 3.05) is 0 Å². The molecule has 0 unspecified atom stereocenters. The molecule has 0 aliphatic rings. The lowest BCUT2D eigenvalue weighted by molar-refractivity contribution is 0.425. The minimum atomic E-state index is 0.801. The van der Waals surface area contributed by atoms with Crippen LogP contribution >= 0.6 is 0 Å². The second kappa shape index (κ2) is 5.39. The minimum absolute atomic E-state index is 0.801. The lowest BCUT2D eigenvalue weighted by Crippen LogP contribution is -2.08. The van der Waals surface area contributed by atoms with Crippen LogP contribution in [0.3, 0.4) is 0 Å². The van der Waals surface area contributed by atoms with Crippen molar-refractivity contribution in [3.8, 4) is 0 Å². The Labute approximate surface area is 104 Å². The monoisotopic (exact) mass is 229 g/mol. The van der Waals surface area contributed by atoms with Crippen molar-refractivity contribution in [3.05, 3.63) is 36.0 Å². The normalized spacial score (nSPS) is 11.5. The van der Waals surface area contributed by atoms with E-state index in [0.717, 1.165) is 18.9 Å². The van der Waals surface area contributed by atoms with E-state index in [-0.39, 0.29) is 0 Å². The number of para-hydroxylation sites is 1. The Balaban J connectivity index is 2.40. The zero-order chi connectivity index (χ0) is 12.3. The van der Waals surface area contributed by atoms with E-state index in [2.05, 4.69) is 55.8 Å². The number of rotatable bonds is 5. The van der Waals surface area contributed by atoms with Gasteiger partial charge >= 0.3 is 0 Å². The fourth-order valence-corrected chi connectivity index (χ4v) is 2.60. The Morgan fingerprint density at radius 2 is 1.82 bits per heavy atom. The van der Waals surface area contributed by atoms with Crippen LogP contribution in [0.2, 0.25) is 0 Å². The van der Waals surface area contributed by atoms with Crippen molar-refractivity contribution in [2.45, 2.75) is 46.6 Å². The fourth-order valence-electron chi connectivity index (χ4n) is 2.60. The SMILES string of the molecule is CCc1cccc2ccn(CC(CC)CC)c12. The summed E-state index contributed by atoms with van der Waals surface area (Å²) in [5, 5.41) is 1.38. The molecule has 0 amide bonds. The Morgan fingerprint density at radius 3 is 2.47 bits per heavy atom. The number of hydrogen-bond donors (Lipinski definition) is 0. The highest BCUT2D eigenvalue weighted by atomic mass is 15.0. The number of nitrogens with zero attached hydrogens (tertiary/aromatic N) is 1. The smallest absolute Gasteiger partial charge is 0.0512 e. The maximum atomic E-state index is 2.45. The molecule has 0 atom stereocenters. The maximum Gasteiger partial charge on any atom is 0.0512 e. The molecule has 0 fully saturated rings. The summed E-state index contributed by atoms with van der Waals surface area (Å²) >= 11 is 0. The fraction of sp³-hybridized carbons (Fsp3) is 0.500. The third-order valence-electron chi connectivity index (χ3n) is 3.86. The van der Waals surface area contributed by atoms with Gasteiger partial charge in [-0.1, -0.05) is 51.8 Å². The summed E-state index contributed by atoms with van der Waals surface area (Å²) in [6, 6.07) is 8.89. The van der Waals surface area contributed by atoms with Crippen LogP contribution in [0.5, 0.6) is 0 Å². The van der Waals surface area contributed by atoms with Crippen LogP contribution in [-0.2, 0) is 13.0 Å². The molecule has 0 aliphatic heterocycles. The van der Waals surface area contributed by atoms with Gasteiger partial charge in [0.25, 0.3) is 0 Å². The van der Waals surface area contributed by atoms with Crippen molar-refractivity contribution in [3.63, 3.8) is 0 Å². The van der Waals surface area contributed by atoms with Gasteiger partial charge in [0.15, 0.2) is 0 Å². The summed E-state index contributed by atoms with van der Waals surface area (Å²) in [5.41, 5.74) is 2.92. The predicted molar refractivity (Wildman–Crippen MR) is 75.4 cm³/mol. The molecule has 0 spiro atoms. The van der Waals surface area contributed by atoms with Crippen LogP contribution in [0, 0.1) is 5.92 Å². The van der Waals surface area contributed by atoms with E-state index in [0.29, 0.717) is 0 Å². The molecule has 0 saturated carbocycles. The van der Waals surface area contributed by atoms with E-state index in [1.54, 1.807) is 0 Å². The first-order valence-corrected chi connectivity index (χ1v) is 6.86. The third kappa shape index (κ3) is 2.38. The molecule has 0 N–H and O–H groups in total. The van der Waals surface area contributed by atoms with Crippen molar-refractivity contribution >= 4 is 10.9 Å². The van der Waals surface area contributed by atoms with E-state index in [4.69, 9.17) is 0 Å². The van der Waals surface area contributed by atoms with Crippen LogP contribution in [0.25, 0.3) is 10.9 Å². The number of benzene rings is 1. The Hall–Kier alpha value is -1.24. The molecule has 1 heterocycles. The summed E-state index contributed by atoms with van der Waals surface area (Å²) in [6.07, 6.45) is 5.90. The molecule has 0 radical (unpaired) electrons. The average Bonchev–Trinajstić information content (AvgIpc) is 2.79. The number of fused-ring (bicyclic) bond motifs is 1. The summed E-state index contributed by atoms with van der Waals surface area (Å²) < 4.78 is 2.45. The second-order valence-corrected chi connectivity index (χ2v) is 4.86. The molecule has 2 aromatic rings. The summed E-state index contributed by atoms with van der Waals surface area (Å²) in [7, 11) is 0. The van der Waals surface area contributed by atoms with Crippen LogP contribution in [-0.4, -0.2) is 4.57 Å². The van der Waals surface area contributed by atoms with Crippen LogP contribution in [0.15, 0.2) is 30.5 Å². The van der Waals surface area contributed by atoms with Gasteiger partial charge in [-0.05, 0) is 29.4 Å². The Morgan fingerprint density at radius 1 is 1.06 bits per heavy atom. The van der Waals surface area contributed by atoms with Crippen molar-refractivity contribution < 1.29 is 0 Å². The van der Waals surface area contributed by atoms with Gasteiger partial charge in [-0.3, -0.25) is 0 Å². The molecule has 1 aromatic heterocycles. The highest BCUT2D eigenvalue weighted by molar-refractivity contribution is 5.83. The molecule has 1 aromatic carbocycles. The highest BCUT2D eigenvalue weighted by Gasteiger charge is 2.09. The molecule has 0 bridgehead atoms. The molecule has 1 heteroatoms. The topological polar surface area (TPSA) is 4.93 Å². The van der Waals surface area contributed by atoms with Gasteiger partial charge in [-0.25, -0.2) is 0 Å². The Bertz CT molecular complexity index is 477. The summed E-state index contributed by atoms with van der Waals surface area (Å²) in [5.74, 6) is 0.801. The molecule has 0 saturated heterocycles. The van der Waals surface area contributed by atoms with E-state index in [1.807, 2.05) is 0 Å². The first-order valence-electron chi connectivity index (χ1n) is 6.86. The first-order chi connectivity index (χ1) is 8.30. The molecule has 0 aliphatic carbocycles. The average molecular weight is 229 g/mol. The summed E-state index contributed by atoms with van der Waals surface area (Å²) in [6.45, 7) is 7.98. The molecule has 92 valence electrons. The predicted octanol–water partition coefficient (Wildman–Crippen LogP) is 4.64. The second-order valence-electron chi connectivity index (χ2n) is 4.86. The van der Waals surface area contributed by atoms with E-state index >= 15 is 0 Å². The first kappa shape index (κ1) is 12.2. The molecular weight excluding hydrogens is 206 g/mol. The quantitative estimate of drug-likeness (QED) is 0.704. The standard InChI is InChI=1S/C16H23N/c1-4-13(5-2)12-17-11-10-15-9-7-8-14(6-3)16(15)17/h7-11,13H,4-6,12H2,1-3H3. The van der Waals surface area contributed by atoms with Crippen LogP contribution in [0.4, 0.5) is 0 Å². The highest BCUT2D eigenvalue weighted by Crippen LogP contribution is 2.23. The molecule has 17 heavy (non-hydrogen) atoms. The lowest BCUT2D eigenvalue weighted by Gasteiger charge is -2.15. The van der Waals surface area contributed by atoms with Gasteiger partial charge in [0, 0.05) is 12.7 Å². The minimum Gasteiger partial charge on any atom is -0.347 e. The van der Waals surface area contributed by atoms with Gasteiger partial charge in [-0.15, -0.1) is 0 Å². The van der Waals surface area contributed by atoms with E-state index < -0.39 is 0 Å². The molecular formula is C16H23N. The lowest BCUT2D eigenvalue weighted by atomic mass is 10.0. The number of aryl methyl sites for hydroxylation is 1. The van der Waals surface area contributed by atoms with Gasteiger partial charge in [-0.2, -0.15) is 0 Å². The molecule has 2 rings (SSSR count). The maximum absolute atomic E-state index is 2.45. The zero-order valence-electron chi connectivity index (χ0n) is 11.2. The van der Waals surface area contributed by atoms with Crippen LogP contribution < -0.4 is 0 Å². The van der Waals surface area contributed by atoms with Gasteiger partial charge in [0.05, 0.1) is 5.52 Å². The van der Waals surface area contributed by atoms with Gasteiger partial charge in [0.1, 0.15) is 0 Å². The Kier molecular flexibility index (Phi) is 3.88. The van der Waals surface area contributed by atoms with Gasteiger partial charge < -0.3 is 4.57 Å². The molecule has 1 nitrogen and oxygen atoms in total. The third-order valence-corrected chi connectivity index (χ3v) is 3.86. The summed E-state index contributed by atoms with van der Waals surface area (Å²) in [4.78, 5) is 0. The van der Waals surface area contributed by atoms with Crippen molar-refractivity contribution in [1.29, 1.82) is 0 Å². The number of hydrogen-bond acceptors (Lipinski definition) is 0. The van der Waals surface area contributed by atoms with Crippen molar-refractivity contribution in [2.24, 2.45) is 5.92 Å².